The number of carbonyl (C=O) groups is 1. The van der Waals surface area contributed by atoms with Crippen LogP contribution in [0.1, 0.15) is 17.5 Å². The first-order chi connectivity index (χ1) is 11.8. The molecular weight excluding hydrogens is 362 g/mol. The minimum atomic E-state index is -3.43. The van der Waals surface area contributed by atoms with Gasteiger partial charge < -0.3 is 5.32 Å². The predicted octanol–water partition coefficient (Wildman–Crippen LogP) is 2.83. The van der Waals surface area contributed by atoms with Crippen LogP contribution in [-0.2, 0) is 21.4 Å². The van der Waals surface area contributed by atoms with Crippen LogP contribution in [0.3, 0.4) is 0 Å². The second kappa shape index (κ2) is 8.42. The van der Waals surface area contributed by atoms with Crippen molar-refractivity contribution in [2.45, 2.75) is 19.9 Å². The van der Waals surface area contributed by atoms with E-state index in [-0.39, 0.29) is 25.4 Å². The molecule has 1 amide bonds. The number of anilines is 1. The third-order valence-electron chi connectivity index (χ3n) is 3.71. The highest BCUT2D eigenvalue weighted by atomic mass is 35.5. The zero-order valence-corrected chi connectivity index (χ0v) is 15.6. The summed E-state index contributed by atoms with van der Waals surface area (Å²) in [6.07, 6.45) is 4.38. The second-order valence-corrected chi connectivity index (χ2v) is 8.05. The van der Waals surface area contributed by atoms with Crippen molar-refractivity contribution < 1.29 is 13.2 Å². The fourth-order valence-electron chi connectivity index (χ4n) is 2.24. The quantitative estimate of drug-likeness (QED) is 0.799. The van der Waals surface area contributed by atoms with Crippen LogP contribution in [0.25, 0.3) is 0 Å². The summed E-state index contributed by atoms with van der Waals surface area (Å²) in [7, 11) is -3.43. The third kappa shape index (κ3) is 5.81. The Hall–Kier alpha value is -1.96. The zero-order chi connectivity index (χ0) is 18.4. The monoisotopic (exact) mass is 381 g/mol. The topological polar surface area (TPSA) is 79.4 Å². The van der Waals surface area contributed by atoms with Crippen molar-refractivity contribution >= 4 is 33.2 Å². The van der Waals surface area contributed by atoms with Crippen LogP contribution in [0.2, 0.25) is 5.02 Å². The van der Waals surface area contributed by atoms with Crippen molar-refractivity contribution in [2.24, 2.45) is 0 Å². The SMILES string of the molecule is Cc1c(Cl)cccc1NC(=O)CCN(Cc1ccncc1)S(C)(=O)=O. The number of amides is 1. The largest absolute Gasteiger partial charge is 0.326 e. The Kier molecular flexibility index (Phi) is 6.52. The number of hydrogen-bond donors (Lipinski definition) is 1. The van der Waals surface area contributed by atoms with Gasteiger partial charge in [0.25, 0.3) is 0 Å². The van der Waals surface area contributed by atoms with E-state index in [4.69, 9.17) is 11.6 Å². The average Bonchev–Trinajstić information content (AvgIpc) is 2.55. The van der Waals surface area contributed by atoms with E-state index in [1.54, 1.807) is 42.7 Å². The zero-order valence-electron chi connectivity index (χ0n) is 14.1. The van der Waals surface area contributed by atoms with Gasteiger partial charge in [-0.15, -0.1) is 0 Å². The second-order valence-electron chi connectivity index (χ2n) is 5.66. The molecule has 1 aromatic heterocycles. The third-order valence-corrected chi connectivity index (χ3v) is 5.37. The molecular formula is C17H20ClN3O3S. The number of carbonyl (C=O) groups excluding carboxylic acids is 1. The Balaban J connectivity index is 2.00. The highest BCUT2D eigenvalue weighted by Gasteiger charge is 2.18. The van der Waals surface area contributed by atoms with Gasteiger partial charge in [0.05, 0.1) is 6.26 Å². The van der Waals surface area contributed by atoms with Crippen molar-refractivity contribution in [3.05, 3.63) is 58.9 Å². The van der Waals surface area contributed by atoms with Gasteiger partial charge in [0.15, 0.2) is 0 Å². The number of benzene rings is 1. The van der Waals surface area contributed by atoms with Crippen LogP contribution in [0.4, 0.5) is 5.69 Å². The van der Waals surface area contributed by atoms with E-state index >= 15 is 0 Å². The van der Waals surface area contributed by atoms with Crippen molar-refractivity contribution in [1.82, 2.24) is 9.29 Å². The fourth-order valence-corrected chi connectivity index (χ4v) is 3.22. The summed E-state index contributed by atoms with van der Waals surface area (Å²) in [6.45, 7) is 2.10. The molecule has 0 spiro atoms. The van der Waals surface area contributed by atoms with E-state index in [1.807, 2.05) is 6.92 Å². The molecule has 0 radical (unpaired) electrons. The van der Waals surface area contributed by atoms with E-state index < -0.39 is 10.0 Å². The summed E-state index contributed by atoms with van der Waals surface area (Å²) >= 11 is 6.03. The number of halogens is 1. The lowest BCUT2D eigenvalue weighted by Crippen LogP contribution is -2.32. The van der Waals surface area contributed by atoms with Gasteiger partial charge in [-0.25, -0.2) is 8.42 Å². The summed E-state index contributed by atoms with van der Waals surface area (Å²) < 4.78 is 25.2. The first-order valence-corrected chi connectivity index (χ1v) is 9.89. The lowest BCUT2D eigenvalue weighted by molar-refractivity contribution is -0.116. The van der Waals surface area contributed by atoms with Gasteiger partial charge in [0.1, 0.15) is 0 Å². The molecule has 1 heterocycles. The maximum Gasteiger partial charge on any atom is 0.225 e. The highest BCUT2D eigenvalue weighted by Crippen LogP contribution is 2.23. The van der Waals surface area contributed by atoms with Gasteiger partial charge in [-0.05, 0) is 42.3 Å². The molecule has 0 unspecified atom stereocenters. The van der Waals surface area contributed by atoms with Crippen molar-refractivity contribution in [2.75, 3.05) is 18.1 Å². The van der Waals surface area contributed by atoms with Gasteiger partial charge in [-0.2, -0.15) is 4.31 Å². The standard InChI is InChI=1S/C17H20ClN3O3S/c1-13-15(18)4-3-5-16(13)20-17(22)8-11-21(25(2,23)24)12-14-6-9-19-10-7-14/h3-7,9-10H,8,11-12H2,1-2H3,(H,20,22). The molecule has 2 rings (SSSR count). The summed E-state index contributed by atoms with van der Waals surface area (Å²) in [5.74, 6) is -0.270. The minimum absolute atomic E-state index is 0.0457. The number of nitrogens with one attached hydrogen (secondary N) is 1. The first-order valence-electron chi connectivity index (χ1n) is 7.66. The van der Waals surface area contributed by atoms with Crippen LogP contribution in [0, 0.1) is 6.92 Å². The van der Waals surface area contributed by atoms with Gasteiger partial charge in [0.2, 0.25) is 15.9 Å². The van der Waals surface area contributed by atoms with E-state index in [0.29, 0.717) is 10.7 Å². The van der Waals surface area contributed by atoms with Crippen LogP contribution < -0.4 is 5.32 Å². The predicted molar refractivity (Wildman–Crippen MR) is 98.9 cm³/mol. The normalized spacial score (nSPS) is 11.5. The summed E-state index contributed by atoms with van der Waals surface area (Å²) in [5, 5.41) is 3.33. The maximum atomic E-state index is 12.2. The Morgan fingerprint density at radius 3 is 2.56 bits per heavy atom. The number of rotatable bonds is 7. The van der Waals surface area contributed by atoms with Crippen LogP contribution >= 0.6 is 11.6 Å². The Morgan fingerprint density at radius 1 is 1.24 bits per heavy atom. The molecule has 0 aliphatic carbocycles. The van der Waals surface area contributed by atoms with E-state index in [0.717, 1.165) is 17.4 Å². The Morgan fingerprint density at radius 2 is 1.92 bits per heavy atom. The minimum Gasteiger partial charge on any atom is -0.326 e. The van der Waals surface area contributed by atoms with Gasteiger partial charge in [0, 0.05) is 42.6 Å². The molecule has 8 heteroatoms. The molecule has 134 valence electrons. The number of pyridine rings is 1. The molecule has 2 aromatic rings. The fraction of sp³-hybridized carbons (Fsp3) is 0.294. The molecule has 1 aromatic carbocycles. The van der Waals surface area contributed by atoms with Gasteiger partial charge in [-0.1, -0.05) is 17.7 Å². The summed E-state index contributed by atoms with van der Waals surface area (Å²) in [4.78, 5) is 16.1. The molecule has 6 nitrogen and oxygen atoms in total. The first kappa shape index (κ1) is 19.4. The summed E-state index contributed by atoms with van der Waals surface area (Å²) in [6, 6.07) is 8.73. The molecule has 0 atom stereocenters. The van der Waals surface area contributed by atoms with Crippen LogP contribution in [-0.4, -0.2) is 36.4 Å². The Bertz CT molecular complexity index is 841. The maximum absolute atomic E-state index is 12.2. The van der Waals surface area contributed by atoms with Crippen LogP contribution in [0.15, 0.2) is 42.7 Å². The number of sulfonamides is 1. The molecule has 0 aliphatic heterocycles. The number of nitrogens with zero attached hydrogens (tertiary/aromatic N) is 2. The van der Waals surface area contributed by atoms with Gasteiger partial charge in [-0.3, -0.25) is 9.78 Å². The van der Waals surface area contributed by atoms with Gasteiger partial charge >= 0.3 is 0 Å². The summed E-state index contributed by atoms with van der Waals surface area (Å²) in [5.41, 5.74) is 2.21. The van der Waals surface area contributed by atoms with Crippen molar-refractivity contribution in [3.63, 3.8) is 0 Å². The molecule has 0 aliphatic rings. The van der Waals surface area contributed by atoms with E-state index in [9.17, 15) is 13.2 Å². The average molecular weight is 382 g/mol. The molecule has 1 N–H and O–H groups in total. The van der Waals surface area contributed by atoms with E-state index in [2.05, 4.69) is 10.3 Å². The lowest BCUT2D eigenvalue weighted by atomic mass is 10.2. The lowest BCUT2D eigenvalue weighted by Gasteiger charge is -2.20. The Labute approximate surface area is 152 Å². The smallest absolute Gasteiger partial charge is 0.225 e. The van der Waals surface area contributed by atoms with Crippen molar-refractivity contribution in [1.29, 1.82) is 0 Å². The molecule has 0 bridgehead atoms. The van der Waals surface area contributed by atoms with Crippen LogP contribution in [0.5, 0.6) is 0 Å². The highest BCUT2D eigenvalue weighted by molar-refractivity contribution is 7.88. The number of hydrogen-bond acceptors (Lipinski definition) is 4. The molecule has 25 heavy (non-hydrogen) atoms. The van der Waals surface area contributed by atoms with E-state index in [1.165, 1.54) is 4.31 Å². The number of aromatic nitrogens is 1. The molecule has 0 saturated heterocycles. The molecule has 0 saturated carbocycles. The molecule has 0 fully saturated rings. The van der Waals surface area contributed by atoms with Crippen molar-refractivity contribution in [3.8, 4) is 0 Å².